The van der Waals surface area contributed by atoms with Gasteiger partial charge < -0.3 is 25.3 Å². The summed E-state index contributed by atoms with van der Waals surface area (Å²) in [5.74, 6) is -2.49. The van der Waals surface area contributed by atoms with Crippen LogP contribution in [0, 0.1) is 0 Å². The Labute approximate surface area is 214 Å². The first-order valence-electron chi connectivity index (χ1n) is 12.4. The minimum absolute atomic E-state index is 0.118. The number of nitrogens with one attached hydrogen (secondary N) is 2. The van der Waals surface area contributed by atoms with E-state index in [1.807, 2.05) is 12.3 Å². The highest BCUT2D eigenvalue weighted by Crippen LogP contribution is 2.26. The van der Waals surface area contributed by atoms with Crippen molar-refractivity contribution < 1.29 is 29.3 Å². The SMILES string of the molecule is O=C(CN1CCN(Cc2ccc3c(c2)CCO3)CC1)NCCc1c[nH]c2ccccc12.O=C(O)C(=O)O. The number of H-pyrrole nitrogens is 1. The Morgan fingerprint density at radius 2 is 1.70 bits per heavy atom. The average Bonchev–Trinajstić information content (AvgIpc) is 3.52. The molecule has 37 heavy (non-hydrogen) atoms. The number of carbonyl (C=O) groups excluding carboxylic acids is 1. The molecule has 3 aromatic rings. The Hall–Kier alpha value is -3.89. The topological polar surface area (TPSA) is 135 Å². The Balaban J connectivity index is 0.000000480. The van der Waals surface area contributed by atoms with Crippen molar-refractivity contribution in [1.82, 2.24) is 20.1 Å². The number of aromatic amines is 1. The van der Waals surface area contributed by atoms with Gasteiger partial charge in [0.1, 0.15) is 5.75 Å². The first-order valence-corrected chi connectivity index (χ1v) is 12.4. The largest absolute Gasteiger partial charge is 0.493 e. The van der Waals surface area contributed by atoms with Gasteiger partial charge >= 0.3 is 11.9 Å². The molecule has 0 bridgehead atoms. The molecule has 4 N–H and O–H groups in total. The van der Waals surface area contributed by atoms with Crippen molar-refractivity contribution in [3.8, 4) is 5.75 Å². The number of carboxylic acid groups (broad SMARTS) is 2. The predicted molar refractivity (Wildman–Crippen MR) is 138 cm³/mol. The van der Waals surface area contributed by atoms with Gasteiger partial charge in [0.25, 0.3) is 0 Å². The van der Waals surface area contributed by atoms with Gasteiger partial charge in [-0.2, -0.15) is 0 Å². The van der Waals surface area contributed by atoms with Gasteiger partial charge in [-0.3, -0.25) is 14.6 Å². The lowest BCUT2D eigenvalue weighted by Crippen LogP contribution is -2.49. The second-order valence-corrected chi connectivity index (χ2v) is 9.16. The first-order chi connectivity index (χ1) is 17.9. The van der Waals surface area contributed by atoms with Crippen LogP contribution in [0.4, 0.5) is 0 Å². The van der Waals surface area contributed by atoms with Crippen LogP contribution in [0.2, 0.25) is 0 Å². The van der Waals surface area contributed by atoms with E-state index in [9.17, 15) is 4.79 Å². The van der Waals surface area contributed by atoms with E-state index in [1.165, 1.54) is 22.1 Å². The summed E-state index contributed by atoms with van der Waals surface area (Å²) in [6.07, 6.45) is 3.91. The van der Waals surface area contributed by atoms with Crippen LogP contribution in [0.15, 0.2) is 48.7 Å². The van der Waals surface area contributed by atoms with E-state index < -0.39 is 11.9 Å². The van der Waals surface area contributed by atoms with Crippen LogP contribution in [-0.4, -0.2) is 88.7 Å². The molecule has 2 aromatic carbocycles. The molecule has 1 fully saturated rings. The van der Waals surface area contributed by atoms with Gasteiger partial charge in [0.2, 0.25) is 5.91 Å². The summed E-state index contributed by atoms with van der Waals surface area (Å²) < 4.78 is 5.60. The predicted octanol–water partition coefficient (Wildman–Crippen LogP) is 1.73. The molecule has 3 heterocycles. The summed E-state index contributed by atoms with van der Waals surface area (Å²) >= 11 is 0. The monoisotopic (exact) mass is 508 g/mol. The molecule has 0 saturated carbocycles. The number of amides is 1. The molecule has 2 aliphatic rings. The molecule has 2 aliphatic heterocycles. The lowest BCUT2D eigenvalue weighted by molar-refractivity contribution is -0.159. The molecule has 10 nitrogen and oxygen atoms in total. The van der Waals surface area contributed by atoms with Crippen molar-refractivity contribution in [2.75, 3.05) is 45.9 Å². The van der Waals surface area contributed by atoms with Crippen molar-refractivity contribution in [3.05, 3.63) is 65.4 Å². The molecule has 0 atom stereocenters. The van der Waals surface area contributed by atoms with E-state index in [0.717, 1.165) is 63.4 Å². The van der Waals surface area contributed by atoms with E-state index in [2.05, 4.69) is 56.5 Å². The lowest BCUT2D eigenvalue weighted by atomic mass is 10.1. The standard InChI is InChI=1S/C25H30N4O2.C2H2O4/c30-25(26-9-7-21-16-27-23-4-2-1-3-22(21)23)18-29-12-10-28(11-13-29)17-19-5-6-24-20(15-19)8-14-31-24;3-1(4)2(5)6/h1-6,15-16,27H,7-14,17-18H2,(H,26,30);(H,3,4)(H,5,6). The van der Waals surface area contributed by atoms with Crippen molar-refractivity contribution in [1.29, 1.82) is 0 Å². The third-order valence-electron chi connectivity index (χ3n) is 6.57. The van der Waals surface area contributed by atoms with Gasteiger partial charge in [-0.05, 0) is 35.2 Å². The van der Waals surface area contributed by atoms with Crippen LogP contribution in [-0.2, 0) is 33.8 Å². The zero-order chi connectivity index (χ0) is 26.2. The zero-order valence-corrected chi connectivity index (χ0v) is 20.6. The third kappa shape index (κ3) is 7.31. The number of piperazine rings is 1. The van der Waals surface area contributed by atoms with Gasteiger partial charge in [-0.1, -0.05) is 30.3 Å². The molecule has 1 saturated heterocycles. The average molecular weight is 509 g/mol. The number of aromatic nitrogens is 1. The quantitative estimate of drug-likeness (QED) is 0.355. The number of fused-ring (bicyclic) bond motifs is 2. The Bertz CT molecular complexity index is 1240. The van der Waals surface area contributed by atoms with E-state index in [4.69, 9.17) is 24.5 Å². The maximum absolute atomic E-state index is 12.4. The molecule has 196 valence electrons. The first kappa shape index (κ1) is 26.2. The maximum atomic E-state index is 12.4. The highest BCUT2D eigenvalue weighted by molar-refractivity contribution is 6.27. The van der Waals surface area contributed by atoms with E-state index in [0.29, 0.717) is 13.1 Å². The van der Waals surface area contributed by atoms with Gasteiger partial charge in [-0.25, -0.2) is 9.59 Å². The molecule has 0 spiro atoms. The number of hydrogen-bond donors (Lipinski definition) is 4. The molecule has 0 unspecified atom stereocenters. The van der Waals surface area contributed by atoms with Crippen molar-refractivity contribution in [2.24, 2.45) is 0 Å². The van der Waals surface area contributed by atoms with Crippen molar-refractivity contribution >= 4 is 28.7 Å². The number of aliphatic carboxylic acids is 2. The summed E-state index contributed by atoms with van der Waals surface area (Å²) in [4.78, 5) is 38.6. The lowest BCUT2D eigenvalue weighted by Gasteiger charge is -2.34. The number of carboxylic acids is 2. The number of para-hydroxylation sites is 1. The number of carbonyl (C=O) groups is 3. The highest BCUT2D eigenvalue weighted by Gasteiger charge is 2.20. The minimum atomic E-state index is -1.82. The van der Waals surface area contributed by atoms with Crippen molar-refractivity contribution in [2.45, 2.75) is 19.4 Å². The van der Waals surface area contributed by atoms with E-state index in [1.54, 1.807) is 0 Å². The Morgan fingerprint density at radius 1 is 0.973 bits per heavy atom. The summed E-state index contributed by atoms with van der Waals surface area (Å²) in [7, 11) is 0. The number of hydrogen-bond acceptors (Lipinski definition) is 6. The number of nitrogens with zero attached hydrogens (tertiary/aromatic N) is 2. The molecule has 10 heteroatoms. The fourth-order valence-electron chi connectivity index (χ4n) is 4.64. The maximum Gasteiger partial charge on any atom is 0.414 e. The van der Waals surface area contributed by atoms with Gasteiger partial charge in [-0.15, -0.1) is 0 Å². The molecule has 5 rings (SSSR count). The normalized spacial score (nSPS) is 15.4. The Kier molecular flexibility index (Phi) is 8.76. The molecular formula is C27H32N4O6. The zero-order valence-electron chi connectivity index (χ0n) is 20.6. The van der Waals surface area contributed by atoms with Crippen LogP contribution in [0.1, 0.15) is 16.7 Å². The fourth-order valence-corrected chi connectivity index (χ4v) is 4.64. The number of benzene rings is 2. The number of ether oxygens (including phenoxy) is 1. The number of rotatable bonds is 7. The van der Waals surface area contributed by atoms with E-state index in [-0.39, 0.29) is 5.91 Å². The van der Waals surface area contributed by atoms with Gasteiger partial charge in [0.05, 0.1) is 13.2 Å². The van der Waals surface area contributed by atoms with Crippen LogP contribution < -0.4 is 10.1 Å². The summed E-state index contributed by atoms with van der Waals surface area (Å²) in [6, 6.07) is 14.9. The van der Waals surface area contributed by atoms with Crippen LogP contribution in [0.5, 0.6) is 5.75 Å². The summed E-state index contributed by atoms with van der Waals surface area (Å²) in [5, 5.41) is 19.1. The summed E-state index contributed by atoms with van der Waals surface area (Å²) in [5.41, 5.74) is 5.09. The van der Waals surface area contributed by atoms with E-state index >= 15 is 0 Å². The minimum Gasteiger partial charge on any atom is -0.493 e. The molecular weight excluding hydrogens is 476 g/mol. The highest BCUT2D eigenvalue weighted by atomic mass is 16.5. The fraction of sp³-hybridized carbons (Fsp3) is 0.370. The summed E-state index contributed by atoms with van der Waals surface area (Å²) in [6.45, 7) is 6.79. The van der Waals surface area contributed by atoms with Crippen LogP contribution in [0.25, 0.3) is 10.9 Å². The van der Waals surface area contributed by atoms with Gasteiger partial charge in [0, 0.05) is 62.8 Å². The molecule has 1 amide bonds. The Morgan fingerprint density at radius 3 is 2.46 bits per heavy atom. The van der Waals surface area contributed by atoms with Gasteiger partial charge in [0.15, 0.2) is 0 Å². The third-order valence-corrected chi connectivity index (χ3v) is 6.57. The second kappa shape index (κ2) is 12.4. The smallest absolute Gasteiger partial charge is 0.414 e. The van der Waals surface area contributed by atoms with Crippen molar-refractivity contribution in [3.63, 3.8) is 0 Å². The van der Waals surface area contributed by atoms with Crippen LogP contribution >= 0.6 is 0 Å². The van der Waals surface area contributed by atoms with Crippen LogP contribution in [0.3, 0.4) is 0 Å². The molecule has 1 aromatic heterocycles. The molecule has 0 aliphatic carbocycles. The molecule has 0 radical (unpaired) electrons. The second-order valence-electron chi connectivity index (χ2n) is 9.16.